The quantitative estimate of drug-likeness (QED) is 0.597. The second-order valence-corrected chi connectivity index (χ2v) is 7.58. The molecule has 0 aliphatic carbocycles. The van der Waals surface area contributed by atoms with E-state index in [9.17, 15) is 13.2 Å². The summed E-state index contributed by atoms with van der Waals surface area (Å²) >= 11 is 0. The van der Waals surface area contributed by atoms with Crippen LogP contribution in [-0.2, 0) is 21.2 Å². The third-order valence-corrected chi connectivity index (χ3v) is 5.01. The molecule has 0 saturated heterocycles. The van der Waals surface area contributed by atoms with E-state index in [1.165, 1.54) is 39.5 Å². The highest BCUT2D eigenvalue weighted by Crippen LogP contribution is 2.38. The molecule has 0 atom stereocenters. The number of nitrogens with one attached hydrogen (secondary N) is 1. The molecular weight excluding hydrogens is 396 g/mol. The van der Waals surface area contributed by atoms with Crippen LogP contribution in [0.25, 0.3) is 6.08 Å². The molecule has 8 nitrogen and oxygen atoms in total. The van der Waals surface area contributed by atoms with Crippen LogP contribution in [-0.4, -0.2) is 42.2 Å². The third-order valence-electron chi connectivity index (χ3n) is 4.08. The van der Waals surface area contributed by atoms with Crippen molar-refractivity contribution in [2.75, 3.05) is 27.9 Å². The van der Waals surface area contributed by atoms with E-state index >= 15 is 0 Å². The van der Waals surface area contributed by atoms with E-state index in [0.717, 1.165) is 5.56 Å². The number of hydrogen-bond donors (Lipinski definition) is 2. The molecule has 2 aromatic rings. The summed E-state index contributed by atoms with van der Waals surface area (Å²) in [7, 11) is 0.855. The average Bonchev–Trinajstić information content (AvgIpc) is 2.71. The summed E-state index contributed by atoms with van der Waals surface area (Å²) < 4.78 is 38.3. The van der Waals surface area contributed by atoms with Gasteiger partial charge < -0.3 is 19.5 Å². The standard InChI is InChI=1S/C20H24N2O6S/c1-26-17-12-15(13-18(27-2)20(17)28-3)6-9-19(23)22-11-10-14-4-7-16(8-5-14)29(21,24)25/h4-9,12-13H,10-11H2,1-3H3,(H,22,23)(H2,21,24,25). The number of primary sulfonamides is 1. The summed E-state index contributed by atoms with van der Waals surface area (Å²) in [5, 5.41) is 7.84. The van der Waals surface area contributed by atoms with Crippen molar-refractivity contribution in [2.45, 2.75) is 11.3 Å². The lowest BCUT2D eigenvalue weighted by atomic mass is 10.1. The Morgan fingerprint density at radius 1 is 1.03 bits per heavy atom. The van der Waals surface area contributed by atoms with Crippen LogP contribution in [0.5, 0.6) is 17.2 Å². The van der Waals surface area contributed by atoms with Crippen molar-refractivity contribution >= 4 is 22.0 Å². The lowest BCUT2D eigenvalue weighted by Crippen LogP contribution is -2.23. The van der Waals surface area contributed by atoms with Gasteiger partial charge in [0.05, 0.1) is 26.2 Å². The number of sulfonamides is 1. The van der Waals surface area contributed by atoms with Gasteiger partial charge in [-0.2, -0.15) is 0 Å². The first kappa shape index (κ1) is 22.3. The number of amides is 1. The minimum atomic E-state index is -3.71. The fraction of sp³-hybridized carbons (Fsp3) is 0.250. The Balaban J connectivity index is 1.94. The van der Waals surface area contributed by atoms with E-state index < -0.39 is 10.0 Å². The van der Waals surface area contributed by atoms with Crippen molar-refractivity contribution in [2.24, 2.45) is 5.14 Å². The summed E-state index contributed by atoms with van der Waals surface area (Å²) in [6, 6.07) is 9.68. The van der Waals surface area contributed by atoms with Gasteiger partial charge in [-0.25, -0.2) is 13.6 Å². The zero-order valence-electron chi connectivity index (χ0n) is 16.5. The number of nitrogens with two attached hydrogens (primary N) is 1. The molecular formula is C20H24N2O6S. The zero-order chi connectivity index (χ0) is 21.4. The molecule has 0 aliphatic heterocycles. The lowest BCUT2D eigenvalue weighted by Gasteiger charge is -2.12. The first-order valence-electron chi connectivity index (χ1n) is 8.66. The van der Waals surface area contributed by atoms with Crippen LogP contribution in [0.2, 0.25) is 0 Å². The Morgan fingerprint density at radius 3 is 2.10 bits per heavy atom. The van der Waals surface area contributed by atoms with Gasteiger partial charge in [-0.05, 0) is 47.9 Å². The van der Waals surface area contributed by atoms with Crippen LogP contribution in [0.1, 0.15) is 11.1 Å². The normalized spacial score (nSPS) is 11.3. The summed E-state index contributed by atoms with van der Waals surface area (Å²) in [6.45, 7) is 0.396. The number of rotatable bonds is 9. The summed E-state index contributed by atoms with van der Waals surface area (Å²) in [5.74, 6) is 1.20. The Morgan fingerprint density at radius 2 is 1.62 bits per heavy atom. The molecule has 0 saturated carbocycles. The SMILES string of the molecule is COc1cc(C=CC(=O)NCCc2ccc(S(N)(=O)=O)cc2)cc(OC)c1OC. The van der Waals surface area contributed by atoms with Crippen LogP contribution in [0.4, 0.5) is 0 Å². The first-order chi connectivity index (χ1) is 13.8. The van der Waals surface area contributed by atoms with Crippen LogP contribution >= 0.6 is 0 Å². The van der Waals surface area contributed by atoms with Gasteiger partial charge in [-0.3, -0.25) is 4.79 Å². The van der Waals surface area contributed by atoms with Crippen LogP contribution in [0.3, 0.4) is 0 Å². The molecule has 0 heterocycles. The molecule has 1 amide bonds. The van der Waals surface area contributed by atoms with Crippen molar-refractivity contribution in [1.82, 2.24) is 5.32 Å². The van der Waals surface area contributed by atoms with E-state index in [1.54, 1.807) is 30.3 Å². The van der Waals surface area contributed by atoms with E-state index in [2.05, 4.69) is 5.32 Å². The number of ether oxygens (including phenoxy) is 3. The number of carbonyl (C=O) groups is 1. The molecule has 0 radical (unpaired) electrons. The fourth-order valence-electron chi connectivity index (χ4n) is 2.60. The van der Waals surface area contributed by atoms with E-state index in [-0.39, 0.29) is 10.8 Å². The molecule has 29 heavy (non-hydrogen) atoms. The van der Waals surface area contributed by atoms with Crippen molar-refractivity contribution < 1.29 is 27.4 Å². The van der Waals surface area contributed by atoms with Gasteiger partial charge >= 0.3 is 0 Å². The van der Waals surface area contributed by atoms with Gasteiger partial charge in [-0.1, -0.05) is 12.1 Å². The highest BCUT2D eigenvalue weighted by molar-refractivity contribution is 7.89. The van der Waals surface area contributed by atoms with E-state index in [4.69, 9.17) is 19.3 Å². The molecule has 0 fully saturated rings. The summed E-state index contributed by atoms with van der Waals surface area (Å²) in [5.41, 5.74) is 1.60. The van der Waals surface area contributed by atoms with Crippen molar-refractivity contribution in [3.8, 4) is 17.2 Å². The smallest absolute Gasteiger partial charge is 0.244 e. The van der Waals surface area contributed by atoms with Crippen LogP contribution < -0.4 is 24.7 Å². The van der Waals surface area contributed by atoms with Crippen molar-refractivity contribution in [3.05, 3.63) is 53.6 Å². The summed E-state index contributed by atoms with van der Waals surface area (Å²) in [4.78, 5) is 12.1. The molecule has 0 aromatic heterocycles. The molecule has 0 bridgehead atoms. The fourth-order valence-corrected chi connectivity index (χ4v) is 3.12. The number of hydrogen-bond acceptors (Lipinski definition) is 6. The van der Waals surface area contributed by atoms with Gasteiger partial charge in [0.1, 0.15) is 0 Å². The molecule has 0 unspecified atom stereocenters. The van der Waals surface area contributed by atoms with Gasteiger partial charge in [-0.15, -0.1) is 0 Å². The monoisotopic (exact) mass is 420 g/mol. The highest BCUT2D eigenvalue weighted by Gasteiger charge is 2.12. The van der Waals surface area contributed by atoms with Gasteiger partial charge in [0, 0.05) is 12.6 Å². The van der Waals surface area contributed by atoms with Crippen LogP contribution in [0, 0.1) is 0 Å². The molecule has 0 spiro atoms. The lowest BCUT2D eigenvalue weighted by molar-refractivity contribution is -0.116. The van der Waals surface area contributed by atoms with Gasteiger partial charge in [0.15, 0.2) is 11.5 Å². The van der Waals surface area contributed by atoms with E-state index in [1.807, 2.05) is 0 Å². The molecule has 3 N–H and O–H groups in total. The largest absolute Gasteiger partial charge is 0.493 e. The molecule has 0 aliphatic rings. The van der Waals surface area contributed by atoms with Crippen molar-refractivity contribution in [3.63, 3.8) is 0 Å². The van der Waals surface area contributed by atoms with Gasteiger partial charge in [0.25, 0.3) is 0 Å². The Kier molecular flexibility index (Phi) is 7.63. The maximum absolute atomic E-state index is 12.0. The highest BCUT2D eigenvalue weighted by atomic mass is 32.2. The number of carbonyl (C=O) groups excluding carboxylic acids is 1. The Labute approximate surface area is 170 Å². The summed E-state index contributed by atoms with van der Waals surface area (Å²) in [6.07, 6.45) is 3.60. The maximum atomic E-state index is 12.0. The Hall–Kier alpha value is -3.04. The maximum Gasteiger partial charge on any atom is 0.244 e. The molecule has 9 heteroatoms. The molecule has 2 aromatic carbocycles. The predicted molar refractivity (Wildman–Crippen MR) is 110 cm³/mol. The second-order valence-electron chi connectivity index (χ2n) is 6.02. The molecule has 156 valence electrons. The first-order valence-corrected chi connectivity index (χ1v) is 10.2. The minimum absolute atomic E-state index is 0.0542. The zero-order valence-corrected chi connectivity index (χ0v) is 17.3. The second kappa shape index (κ2) is 9.94. The van der Waals surface area contributed by atoms with Gasteiger partial charge in [0.2, 0.25) is 21.7 Å². The average molecular weight is 420 g/mol. The minimum Gasteiger partial charge on any atom is -0.493 e. The third kappa shape index (κ3) is 6.23. The number of methoxy groups -OCH3 is 3. The number of benzene rings is 2. The van der Waals surface area contributed by atoms with Crippen molar-refractivity contribution in [1.29, 1.82) is 0 Å². The van der Waals surface area contributed by atoms with Crippen LogP contribution in [0.15, 0.2) is 47.4 Å². The topological polar surface area (TPSA) is 117 Å². The van der Waals surface area contributed by atoms with E-state index in [0.29, 0.717) is 35.8 Å². The predicted octanol–water partition coefficient (Wildman–Crippen LogP) is 1.73. The Bertz CT molecular complexity index is 960. The molecule has 2 rings (SSSR count).